The summed E-state index contributed by atoms with van der Waals surface area (Å²) < 4.78 is 105. The number of ether oxygens (including phenoxy) is 1. The lowest BCUT2D eigenvalue weighted by molar-refractivity contribution is -0.138. The van der Waals surface area contributed by atoms with Crippen LogP contribution in [0.5, 0.6) is 5.75 Å². The molecule has 232 valence electrons. The van der Waals surface area contributed by atoms with Gasteiger partial charge in [-0.15, -0.1) is 0 Å². The zero-order valence-corrected chi connectivity index (χ0v) is 24.1. The van der Waals surface area contributed by atoms with Crippen LogP contribution in [0.2, 0.25) is 0 Å². The summed E-state index contributed by atoms with van der Waals surface area (Å²) in [6.07, 6.45) is -6.16. The van der Waals surface area contributed by atoms with Gasteiger partial charge in [0, 0.05) is 38.3 Å². The maximum absolute atomic E-state index is 13.1. The lowest BCUT2D eigenvalue weighted by atomic mass is 10.1. The van der Waals surface area contributed by atoms with Crippen molar-refractivity contribution in [3.63, 3.8) is 0 Å². The smallest absolute Gasteiger partial charge is 0.417 e. The Balaban J connectivity index is 0.000000269. The SMILES string of the molecule is CC(C)COc1ccc(S(C)(=O)=O)cc1C(=O)N1Cc2cc(C(F)(F)F)cnc2C1.FC(F)(F)c1cnc2c(c1)CNC2. The van der Waals surface area contributed by atoms with Crippen LogP contribution in [0, 0.1) is 5.92 Å². The molecule has 0 atom stereocenters. The van der Waals surface area contributed by atoms with E-state index in [1.165, 1.54) is 23.1 Å². The molecule has 2 aliphatic heterocycles. The van der Waals surface area contributed by atoms with Crippen molar-refractivity contribution in [1.29, 1.82) is 0 Å². The number of rotatable bonds is 5. The molecule has 0 fully saturated rings. The second-order valence-corrected chi connectivity index (χ2v) is 12.6. The number of alkyl halides is 6. The molecule has 1 aromatic carbocycles. The average Bonchev–Trinajstić information content (AvgIpc) is 3.56. The highest BCUT2D eigenvalue weighted by molar-refractivity contribution is 7.90. The van der Waals surface area contributed by atoms with Gasteiger partial charge in [0.05, 0.1) is 46.1 Å². The number of aromatic nitrogens is 2. The number of benzene rings is 1. The summed E-state index contributed by atoms with van der Waals surface area (Å²) in [5.41, 5.74) is 0.540. The second-order valence-electron chi connectivity index (χ2n) is 10.6. The van der Waals surface area contributed by atoms with Crippen molar-refractivity contribution in [3.05, 3.63) is 81.9 Å². The zero-order chi connectivity index (χ0) is 31.7. The predicted molar refractivity (Wildman–Crippen MR) is 142 cm³/mol. The molecule has 15 heteroatoms. The van der Waals surface area contributed by atoms with Crippen molar-refractivity contribution in [2.75, 3.05) is 12.9 Å². The van der Waals surface area contributed by atoms with Crippen LogP contribution in [0.1, 0.15) is 57.8 Å². The van der Waals surface area contributed by atoms with E-state index in [4.69, 9.17) is 4.74 Å². The molecule has 0 saturated heterocycles. The van der Waals surface area contributed by atoms with Crippen molar-refractivity contribution in [2.24, 2.45) is 5.92 Å². The van der Waals surface area contributed by atoms with E-state index in [9.17, 15) is 39.6 Å². The van der Waals surface area contributed by atoms with Crippen LogP contribution in [0.3, 0.4) is 0 Å². The van der Waals surface area contributed by atoms with E-state index >= 15 is 0 Å². The third-order valence-electron chi connectivity index (χ3n) is 6.55. The van der Waals surface area contributed by atoms with Crippen molar-refractivity contribution >= 4 is 15.7 Å². The fourth-order valence-corrected chi connectivity index (χ4v) is 4.99. The Kier molecular flexibility index (Phi) is 9.07. The number of hydrogen-bond donors (Lipinski definition) is 1. The van der Waals surface area contributed by atoms with Gasteiger partial charge in [0.2, 0.25) is 0 Å². The molecule has 0 unspecified atom stereocenters. The van der Waals surface area contributed by atoms with Gasteiger partial charge in [-0.05, 0) is 47.4 Å². The van der Waals surface area contributed by atoms with E-state index in [0.717, 1.165) is 30.8 Å². The average molecular weight is 631 g/mol. The molecule has 0 spiro atoms. The van der Waals surface area contributed by atoms with E-state index in [-0.39, 0.29) is 35.2 Å². The standard InChI is InChI=1S/C20H21F3N2O4S.C8H7F3N2/c1-12(2)11-29-18-5-4-15(30(3,27)28)7-16(18)19(26)25-9-13-6-14(20(21,22)23)8-24-17(13)10-25;9-8(10,11)6-1-5-2-12-4-7(5)13-3-6/h4-8,12H,9-11H2,1-3H3;1,3,12H,2,4H2. The van der Waals surface area contributed by atoms with Crippen LogP contribution >= 0.6 is 0 Å². The number of sulfone groups is 1. The molecule has 2 aromatic heterocycles. The maximum atomic E-state index is 13.1. The number of halogens is 6. The van der Waals surface area contributed by atoms with Crippen molar-refractivity contribution in [3.8, 4) is 5.75 Å². The first-order chi connectivity index (χ1) is 19.9. The Bertz CT molecular complexity index is 1620. The third kappa shape index (κ3) is 7.82. The Morgan fingerprint density at radius 3 is 2.12 bits per heavy atom. The minimum absolute atomic E-state index is 0.0268. The first kappa shape index (κ1) is 32.2. The van der Waals surface area contributed by atoms with Gasteiger partial charge >= 0.3 is 12.4 Å². The van der Waals surface area contributed by atoms with E-state index in [1.54, 1.807) is 0 Å². The zero-order valence-electron chi connectivity index (χ0n) is 23.3. The van der Waals surface area contributed by atoms with E-state index in [0.29, 0.717) is 42.2 Å². The topological polar surface area (TPSA) is 101 Å². The molecule has 3 aromatic rings. The molecule has 4 heterocycles. The number of fused-ring (bicyclic) bond motifs is 2. The van der Waals surface area contributed by atoms with E-state index < -0.39 is 39.2 Å². The summed E-state index contributed by atoms with van der Waals surface area (Å²) in [5.74, 6) is -0.143. The summed E-state index contributed by atoms with van der Waals surface area (Å²) in [6.45, 7) is 5.17. The molecular formula is C28H28F6N4O4S. The summed E-state index contributed by atoms with van der Waals surface area (Å²) >= 11 is 0. The number of carbonyl (C=O) groups excluding carboxylic acids is 1. The fourth-order valence-electron chi connectivity index (χ4n) is 4.34. The number of amides is 1. The van der Waals surface area contributed by atoms with Gasteiger partial charge in [-0.25, -0.2) is 8.42 Å². The Labute approximate surface area is 244 Å². The summed E-state index contributed by atoms with van der Waals surface area (Å²) in [5, 5.41) is 2.94. The Morgan fingerprint density at radius 2 is 1.53 bits per heavy atom. The summed E-state index contributed by atoms with van der Waals surface area (Å²) in [6, 6.07) is 6.17. The molecule has 0 aliphatic carbocycles. The highest BCUT2D eigenvalue weighted by Gasteiger charge is 2.35. The lowest BCUT2D eigenvalue weighted by Crippen LogP contribution is -2.26. The Hall–Kier alpha value is -3.72. The van der Waals surface area contributed by atoms with Gasteiger partial charge in [-0.1, -0.05) is 13.8 Å². The van der Waals surface area contributed by atoms with Crippen molar-refractivity contribution < 1.29 is 44.3 Å². The fraction of sp³-hybridized carbons (Fsp3) is 0.393. The van der Waals surface area contributed by atoms with Crippen molar-refractivity contribution in [2.45, 2.75) is 57.3 Å². The molecule has 0 saturated carbocycles. The first-order valence-corrected chi connectivity index (χ1v) is 14.9. The number of hydrogen-bond acceptors (Lipinski definition) is 7. The monoisotopic (exact) mass is 630 g/mol. The van der Waals surface area contributed by atoms with Crippen molar-refractivity contribution in [1.82, 2.24) is 20.2 Å². The summed E-state index contributed by atoms with van der Waals surface area (Å²) in [4.78, 5) is 22.0. The van der Waals surface area contributed by atoms with Gasteiger partial charge in [0.25, 0.3) is 5.91 Å². The number of nitrogens with zero attached hydrogens (tertiary/aromatic N) is 3. The molecule has 0 radical (unpaired) electrons. The van der Waals surface area contributed by atoms with Gasteiger partial charge < -0.3 is 15.0 Å². The third-order valence-corrected chi connectivity index (χ3v) is 7.66. The van der Waals surface area contributed by atoms with Crippen LogP contribution in [0.25, 0.3) is 0 Å². The largest absolute Gasteiger partial charge is 0.492 e. The molecule has 0 bridgehead atoms. The molecule has 5 rings (SSSR count). The van der Waals surface area contributed by atoms with Crippen LogP contribution < -0.4 is 10.1 Å². The normalized spacial score (nSPS) is 14.7. The van der Waals surface area contributed by atoms with Crippen LogP contribution in [0.4, 0.5) is 26.3 Å². The van der Waals surface area contributed by atoms with Gasteiger partial charge in [-0.2, -0.15) is 26.3 Å². The molecule has 43 heavy (non-hydrogen) atoms. The van der Waals surface area contributed by atoms with E-state index in [1.807, 2.05) is 13.8 Å². The minimum Gasteiger partial charge on any atom is -0.492 e. The number of carbonyl (C=O) groups is 1. The van der Waals surface area contributed by atoms with Gasteiger partial charge in [0.1, 0.15) is 5.75 Å². The predicted octanol–water partition coefficient (Wildman–Crippen LogP) is 5.40. The maximum Gasteiger partial charge on any atom is 0.417 e. The lowest BCUT2D eigenvalue weighted by Gasteiger charge is -2.19. The number of pyridine rings is 2. The minimum atomic E-state index is -4.53. The van der Waals surface area contributed by atoms with Gasteiger partial charge in [-0.3, -0.25) is 14.8 Å². The molecule has 1 amide bonds. The van der Waals surface area contributed by atoms with Crippen LogP contribution in [-0.4, -0.2) is 42.1 Å². The van der Waals surface area contributed by atoms with Crippen LogP contribution in [0.15, 0.2) is 47.6 Å². The van der Waals surface area contributed by atoms with E-state index in [2.05, 4.69) is 15.3 Å². The molecule has 1 N–H and O–H groups in total. The second kappa shape index (κ2) is 12.1. The molecule has 2 aliphatic rings. The molecule has 8 nitrogen and oxygen atoms in total. The summed E-state index contributed by atoms with van der Waals surface area (Å²) in [7, 11) is -3.57. The quantitative estimate of drug-likeness (QED) is 0.377. The van der Waals surface area contributed by atoms with Crippen LogP contribution in [-0.2, 0) is 48.4 Å². The first-order valence-electron chi connectivity index (χ1n) is 13.0. The highest BCUT2D eigenvalue weighted by atomic mass is 32.2. The van der Waals surface area contributed by atoms with Gasteiger partial charge in [0.15, 0.2) is 9.84 Å². The highest BCUT2D eigenvalue weighted by Crippen LogP contribution is 2.34. The molecular weight excluding hydrogens is 602 g/mol. The Morgan fingerprint density at radius 1 is 0.930 bits per heavy atom. The number of nitrogens with one attached hydrogen (secondary N) is 1.